The molecule has 2 heteroatoms. The first kappa shape index (κ1) is 16.5. The lowest BCUT2D eigenvalue weighted by Crippen LogP contribution is -2.40. The second kappa shape index (κ2) is 7.95. The fraction of sp³-hybridized carbons (Fsp3) is 0.684. The normalized spacial score (nSPS) is 23.7. The van der Waals surface area contributed by atoms with E-state index in [0.717, 1.165) is 31.6 Å². The zero-order valence-electron chi connectivity index (χ0n) is 14.2. The zero-order valence-corrected chi connectivity index (χ0v) is 14.2. The molecular formula is C19H32N2. The van der Waals surface area contributed by atoms with Gasteiger partial charge in [0.2, 0.25) is 0 Å². The Morgan fingerprint density at radius 3 is 2.57 bits per heavy atom. The van der Waals surface area contributed by atoms with Crippen LogP contribution < -0.4 is 5.32 Å². The maximum atomic E-state index is 3.58. The van der Waals surface area contributed by atoms with Gasteiger partial charge in [0.1, 0.15) is 0 Å². The number of rotatable bonds is 6. The van der Waals surface area contributed by atoms with Crippen molar-refractivity contribution >= 4 is 0 Å². The van der Waals surface area contributed by atoms with Crippen molar-refractivity contribution in [3.05, 3.63) is 35.4 Å². The van der Waals surface area contributed by atoms with Crippen LogP contribution >= 0.6 is 0 Å². The van der Waals surface area contributed by atoms with Gasteiger partial charge in [-0.2, -0.15) is 0 Å². The first-order chi connectivity index (χ1) is 10.1. The molecule has 0 saturated carbocycles. The van der Waals surface area contributed by atoms with Crippen molar-refractivity contribution in [2.45, 2.75) is 59.7 Å². The van der Waals surface area contributed by atoms with E-state index in [1.165, 1.54) is 30.5 Å². The van der Waals surface area contributed by atoms with E-state index in [0.29, 0.717) is 5.92 Å². The number of benzene rings is 1. The van der Waals surface area contributed by atoms with Crippen molar-refractivity contribution in [1.82, 2.24) is 10.2 Å². The van der Waals surface area contributed by atoms with Gasteiger partial charge >= 0.3 is 0 Å². The standard InChI is InChI=1S/C19H32N2/c1-15(2)11-20-12-18-7-5-6-8-19(18)14-21-13-16(3)9-10-17(21)4/h5-8,15-17,20H,9-14H2,1-4H3. The van der Waals surface area contributed by atoms with E-state index in [4.69, 9.17) is 0 Å². The SMILES string of the molecule is CC(C)CNCc1ccccc1CN1CC(C)CCC1C. The maximum Gasteiger partial charge on any atom is 0.0239 e. The van der Waals surface area contributed by atoms with Crippen LogP contribution in [-0.2, 0) is 13.1 Å². The lowest BCUT2D eigenvalue weighted by molar-refractivity contribution is 0.117. The van der Waals surface area contributed by atoms with Gasteiger partial charge in [-0.1, -0.05) is 45.0 Å². The maximum absolute atomic E-state index is 3.58. The van der Waals surface area contributed by atoms with Gasteiger partial charge in [0.05, 0.1) is 0 Å². The predicted octanol–water partition coefficient (Wildman–Crippen LogP) is 4.05. The average molecular weight is 288 g/mol. The summed E-state index contributed by atoms with van der Waals surface area (Å²) in [6, 6.07) is 9.65. The zero-order chi connectivity index (χ0) is 15.2. The summed E-state index contributed by atoms with van der Waals surface area (Å²) in [6.45, 7) is 13.7. The summed E-state index contributed by atoms with van der Waals surface area (Å²) in [5, 5.41) is 3.58. The molecule has 2 atom stereocenters. The minimum Gasteiger partial charge on any atom is -0.312 e. The van der Waals surface area contributed by atoms with Gasteiger partial charge in [0.25, 0.3) is 0 Å². The number of nitrogens with zero attached hydrogens (tertiary/aromatic N) is 1. The highest BCUT2D eigenvalue weighted by Gasteiger charge is 2.23. The van der Waals surface area contributed by atoms with Crippen LogP contribution in [0, 0.1) is 11.8 Å². The minimum absolute atomic E-state index is 0.708. The summed E-state index contributed by atoms with van der Waals surface area (Å²) < 4.78 is 0. The van der Waals surface area contributed by atoms with E-state index >= 15 is 0 Å². The van der Waals surface area contributed by atoms with E-state index in [1.54, 1.807) is 0 Å². The third kappa shape index (κ3) is 5.12. The second-order valence-electron chi connectivity index (χ2n) is 7.25. The van der Waals surface area contributed by atoms with Crippen LogP contribution in [0.1, 0.15) is 51.7 Å². The molecule has 0 spiro atoms. The molecule has 1 saturated heterocycles. The van der Waals surface area contributed by atoms with Crippen molar-refractivity contribution in [2.75, 3.05) is 13.1 Å². The van der Waals surface area contributed by atoms with Crippen LogP contribution in [-0.4, -0.2) is 24.0 Å². The fourth-order valence-corrected chi connectivity index (χ4v) is 3.20. The summed E-state index contributed by atoms with van der Waals surface area (Å²) >= 11 is 0. The van der Waals surface area contributed by atoms with Crippen LogP contribution in [0.4, 0.5) is 0 Å². The van der Waals surface area contributed by atoms with Crippen LogP contribution in [0.3, 0.4) is 0 Å². The molecule has 0 aliphatic carbocycles. The Bertz CT molecular complexity index is 427. The molecular weight excluding hydrogens is 256 g/mol. The molecule has 1 aliphatic rings. The van der Waals surface area contributed by atoms with Crippen molar-refractivity contribution in [1.29, 1.82) is 0 Å². The van der Waals surface area contributed by atoms with E-state index in [9.17, 15) is 0 Å². The van der Waals surface area contributed by atoms with E-state index < -0.39 is 0 Å². The quantitative estimate of drug-likeness (QED) is 0.849. The Morgan fingerprint density at radius 2 is 1.86 bits per heavy atom. The molecule has 21 heavy (non-hydrogen) atoms. The lowest BCUT2D eigenvalue weighted by Gasteiger charge is -2.37. The minimum atomic E-state index is 0.708. The molecule has 1 aromatic rings. The topological polar surface area (TPSA) is 15.3 Å². The first-order valence-electron chi connectivity index (χ1n) is 8.57. The Balaban J connectivity index is 1.98. The van der Waals surface area contributed by atoms with Gasteiger partial charge < -0.3 is 5.32 Å². The summed E-state index contributed by atoms with van der Waals surface area (Å²) in [5.74, 6) is 1.55. The smallest absolute Gasteiger partial charge is 0.0239 e. The molecule has 0 aromatic heterocycles. The number of likely N-dealkylation sites (tertiary alicyclic amines) is 1. The van der Waals surface area contributed by atoms with Gasteiger partial charge in [-0.15, -0.1) is 0 Å². The van der Waals surface area contributed by atoms with Gasteiger partial charge in [-0.25, -0.2) is 0 Å². The first-order valence-corrected chi connectivity index (χ1v) is 8.57. The van der Waals surface area contributed by atoms with E-state index in [2.05, 4.69) is 62.2 Å². The van der Waals surface area contributed by atoms with Gasteiger partial charge in [-0.3, -0.25) is 4.90 Å². The molecule has 0 amide bonds. The molecule has 1 heterocycles. The Kier molecular flexibility index (Phi) is 6.25. The van der Waals surface area contributed by atoms with Gasteiger partial charge in [-0.05, 0) is 49.3 Å². The van der Waals surface area contributed by atoms with Crippen LogP contribution in [0.5, 0.6) is 0 Å². The monoisotopic (exact) mass is 288 g/mol. The molecule has 2 rings (SSSR count). The van der Waals surface area contributed by atoms with Crippen LogP contribution in [0.25, 0.3) is 0 Å². The average Bonchev–Trinajstić information content (AvgIpc) is 2.44. The summed E-state index contributed by atoms with van der Waals surface area (Å²) in [6.07, 6.45) is 2.73. The van der Waals surface area contributed by atoms with E-state index in [-0.39, 0.29) is 0 Å². The summed E-state index contributed by atoms with van der Waals surface area (Å²) in [5.41, 5.74) is 2.96. The molecule has 0 radical (unpaired) electrons. The number of hydrogen-bond donors (Lipinski definition) is 1. The molecule has 1 aromatic carbocycles. The second-order valence-corrected chi connectivity index (χ2v) is 7.25. The van der Waals surface area contributed by atoms with Gasteiger partial charge in [0, 0.05) is 25.7 Å². The summed E-state index contributed by atoms with van der Waals surface area (Å²) in [4.78, 5) is 2.66. The van der Waals surface area contributed by atoms with Crippen LogP contribution in [0.15, 0.2) is 24.3 Å². The fourth-order valence-electron chi connectivity index (χ4n) is 3.20. The Morgan fingerprint density at radius 1 is 1.14 bits per heavy atom. The van der Waals surface area contributed by atoms with Crippen LogP contribution in [0.2, 0.25) is 0 Å². The van der Waals surface area contributed by atoms with Crippen molar-refractivity contribution in [3.8, 4) is 0 Å². The Labute approximate surface area is 130 Å². The van der Waals surface area contributed by atoms with Crippen molar-refractivity contribution in [3.63, 3.8) is 0 Å². The van der Waals surface area contributed by atoms with Crippen molar-refractivity contribution in [2.24, 2.45) is 11.8 Å². The number of nitrogens with one attached hydrogen (secondary N) is 1. The lowest BCUT2D eigenvalue weighted by atomic mass is 9.94. The molecule has 1 N–H and O–H groups in total. The van der Waals surface area contributed by atoms with Crippen molar-refractivity contribution < 1.29 is 0 Å². The highest BCUT2D eigenvalue weighted by Crippen LogP contribution is 2.24. The molecule has 0 bridgehead atoms. The third-order valence-corrected chi connectivity index (χ3v) is 4.61. The summed E-state index contributed by atoms with van der Waals surface area (Å²) in [7, 11) is 0. The largest absolute Gasteiger partial charge is 0.312 e. The molecule has 2 nitrogen and oxygen atoms in total. The van der Waals surface area contributed by atoms with Gasteiger partial charge in [0.15, 0.2) is 0 Å². The molecule has 118 valence electrons. The highest BCUT2D eigenvalue weighted by atomic mass is 15.2. The molecule has 1 fully saturated rings. The number of hydrogen-bond acceptors (Lipinski definition) is 2. The number of piperidine rings is 1. The molecule has 1 aliphatic heterocycles. The molecule has 2 unspecified atom stereocenters. The predicted molar refractivity (Wildman–Crippen MR) is 91.3 cm³/mol. The third-order valence-electron chi connectivity index (χ3n) is 4.61. The Hall–Kier alpha value is -0.860. The highest BCUT2D eigenvalue weighted by molar-refractivity contribution is 5.27. The van der Waals surface area contributed by atoms with E-state index in [1.807, 2.05) is 0 Å².